The summed E-state index contributed by atoms with van der Waals surface area (Å²) in [6.45, 7) is 0.431. The van der Waals surface area contributed by atoms with Gasteiger partial charge < -0.3 is 20.5 Å². The molecule has 3 unspecified atom stereocenters. The Morgan fingerprint density at radius 1 is 1.45 bits per heavy atom. The van der Waals surface area contributed by atoms with Crippen molar-refractivity contribution in [3.63, 3.8) is 0 Å². The predicted octanol–water partition coefficient (Wildman–Crippen LogP) is 2.36. The molecule has 3 aliphatic rings. The Hall–Kier alpha value is -1.34. The lowest BCUT2D eigenvalue weighted by Crippen LogP contribution is -2.49. The molecule has 114 valence electrons. The molecule has 3 N–H and O–H groups in total. The second kappa shape index (κ2) is 5.09. The smallest absolute Gasteiger partial charge is 0.162 e. The van der Waals surface area contributed by atoms with Crippen molar-refractivity contribution in [2.75, 3.05) is 6.54 Å². The van der Waals surface area contributed by atoms with Gasteiger partial charge >= 0.3 is 0 Å². The van der Waals surface area contributed by atoms with E-state index in [1.807, 2.05) is 24.3 Å². The zero-order chi connectivity index (χ0) is 15.3. The molecule has 0 radical (unpaired) electrons. The number of hydrogen-bond acceptors (Lipinski definition) is 5. The van der Waals surface area contributed by atoms with Crippen LogP contribution in [0.25, 0.3) is 0 Å². The Morgan fingerprint density at radius 3 is 3.14 bits per heavy atom. The summed E-state index contributed by atoms with van der Waals surface area (Å²) in [5, 5.41) is 3.02. The molecule has 1 aromatic rings. The summed E-state index contributed by atoms with van der Waals surface area (Å²) in [6.07, 6.45) is 4.92. The van der Waals surface area contributed by atoms with Gasteiger partial charge in [0.05, 0.1) is 6.54 Å². The van der Waals surface area contributed by atoms with Gasteiger partial charge in [0.2, 0.25) is 0 Å². The Kier molecular flexibility index (Phi) is 3.30. The number of rotatable bonds is 0. The highest BCUT2D eigenvalue weighted by Gasteiger charge is 2.48. The summed E-state index contributed by atoms with van der Waals surface area (Å²) in [4.78, 5) is 4.40. The maximum absolute atomic E-state index is 6.21. The number of halogens is 2. The van der Waals surface area contributed by atoms with Crippen LogP contribution in [0.4, 0.5) is 0 Å². The van der Waals surface area contributed by atoms with E-state index >= 15 is 0 Å². The van der Waals surface area contributed by atoms with Crippen LogP contribution < -0.4 is 15.8 Å². The van der Waals surface area contributed by atoms with Crippen LogP contribution in [0.5, 0.6) is 5.75 Å². The van der Waals surface area contributed by atoms with Crippen molar-refractivity contribution in [1.29, 1.82) is 0 Å². The number of fused-ring (bicyclic) bond motifs is 4. The fraction of sp³-hybridized carbons (Fsp3) is 0.267. The van der Waals surface area contributed by atoms with Crippen LogP contribution in [0.2, 0.25) is 0 Å². The highest BCUT2D eigenvalue weighted by molar-refractivity contribution is 9.10. The lowest BCUT2D eigenvalue weighted by atomic mass is 9.81. The fourth-order valence-corrected chi connectivity index (χ4v) is 3.45. The molecule has 0 amide bonds. The van der Waals surface area contributed by atoms with Gasteiger partial charge in [-0.2, -0.15) is 0 Å². The molecule has 0 saturated carbocycles. The first kappa shape index (κ1) is 14.3. The van der Waals surface area contributed by atoms with Crippen LogP contribution in [-0.4, -0.2) is 24.5 Å². The summed E-state index contributed by atoms with van der Waals surface area (Å²) in [7, 11) is 0. The van der Waals surface area contributed by atoms with Crippen LogP contribution in [0, 0.1) is 0 Å². The van der Waals surface area contributed by atoms with Gasteiger partial charge in [-0.1, -0.05) is 27.5 Å². The molecular formula is C15H13BrClN3O2. The maximum atomic E-state index is 6.21. The zero-order valence-electron chi connectivity index (χ0n) is 11.4. The molecule has 3 aliphatic heterocycles. The number of nitrogens with zero attached hydrogens (tertiary/aromatic N) is 1. The van der Waals surface area contributed by atoms with E-state index < -0.39 is 11.8 Å². The molecule has 0 aliphatic carbocycles. The minimum absolute atomic E-state index is 0.344. The van der Waals surface area contributed by atoms with Gasteiger partial charge in [-0.25, -0.2) is 0 Å². The monoisotopic (exact) mass is 381 g/mol. The second-order valence-corrected chi connectivity index (χ2v) is 6.67. The van der Waals surface area contributed by atoms with Crippen molar-refractivity contribution in [1.82, 2.24) is 5.32 Å². The summed E-state index contributed by atoms with van der Waals surface area (Å²) in [5.74, 6) is 1.37. The molecule has 3 heterocycles. The number of nitrogens with two attached hydrogens (primary N) is 1. The van der Waals surface area contributed by atoms with Gasteiger partial charge in [0.1, 0.15) is 23.2 Å². The molecule has 7 heteroatoms. The van der Waals surface area contributed by atoms with Crippen molar-refractivity contribution in [3.8, 4) is 5.75 Å². The molecule has 0 fully saturated rings. The molecule has 3 atom stereocenters. The van der Waals surface area contributed by atoms with Gasteiger partial charge in [-0.15, -0.1) is 0 Å². The first-order valence-electron chi connectivity index (χ1n) is 6.84. The van der Waals surface area contributed by atoms with E-state index in [9.17, 15) is 0 Å². The summed E-state index contributed by atoms with van der Waals surface area (Å²) in [5.41, 5.74) is 6.46. The Balaban J connectivity index is 1.99. The van der Waals surface area contributed by atoms with Crippen LogP contribution >= 0.6 is 27.5 Å². The first-order valence-corrected chi connectivity index (χ1v) is 8.07. The SMILES string of the molecule is NC1CN=CC2(O1)C1=CC(Cl)NC=C1Oc1ccc(Br)cc12. The van der Waals surface area contributed by atoms with Gasteiger partial charge in [0, 0.05) is 28.0 Å². The maximum Gasteiger partial charge on any atom is 0.162 e. The molecule has 0 saturated heterocycles. The number of dihydropyridines is 1. The van der Waals surface area contributed by atoms with E-state index in [0.29, 0.717) is 18.1 Å². The molecule has 0 bridgehead atoms. The standard InChI is InChI=1S/C15H13BrClN3O2/c16-8-1-2-11-9(3-8)15(7-19-6-14(18)22-15)10-4-13(17)20-5-12(10)21-11/h1-5,7,13-14,20H,6,18H2. The average molecular weight is 383 g/mol. The van der Waals surface area contributed by atoms with Gasteiger partial charge in [0.15, 0.2) is 5.60 Å². The van der Waals surface area contributed by atoms with Gasteiger partial charge in [-0.05, 0) is 24.3 Å². The lowest BCUT2D eigenvalue weighted by Gasteiger charge is -2.43. The third-order valence-electron chi connectivity index (χ3n) is 3.81. The van der Waals surface area contributed by atoms with Crippen LogP contribution in [0.1, 0.15) is 5.56 Å². The van der Waals surface area contributed by atoms with Crippen LogP contribution in [-0.2, 0) is 10.3 Å². The van der Waals surface area contributed by atoms with Crippen molar-refractivity contribution in [2.45, 2.75) is 17.3 Å². The molecule has 5 nitrogen and oxygen atoms in total. The lowest BCUT2D eigenvalue weighted by molar-refractivity contribution is -0.0354. The van der Waals surface area contributed by atoms with Gasteiger partial charge in [0.25, 0.3) is 0 Å². The number of alkyl halides is 1. The van der Waals surface area contributed by atoms with Crippen molar-refractivity contribution >= 4 is 33.7 Å². The largest absolute Gasteiger partial charge is 0.455 e. The topological polar surface area (TPSA) is 68.9 Å². The van der Waals surface area contributed by atoms with Gasteiger partial charge in [-0.3, -0.25) is 4.99 Å². The molecular weight excluding hydrogens is 370 g/mol. The first-order chi connectivity index (χ1) is 10.6. The normalized spacial score (nSPS) is 32.3. The van der Waals surface area contributed by atoms with E-state index in [1.165, 1.54) is 0 Å². The van der Waals surface area contributed by atoms with E-state index in [1.54, 1.807) is 12.4 Å². The Labute approximate surface area is 141 Å². The molecule has 1 aromatic carbocycles. The van der Waals surface area contributed by atoms with Crippen LogP contribution in [0.15, 0.2) is 51.3 Å². The third-order valence-corrected chi connectivity index (χ3v) is 4.55. The number of benzene rings is 1. The minimum atomic E-state index is -0.879. The quantitative estimate of drug-likeness (QED) is 0.534. The Bertz CT molecular complexity index is 733. The Morgan fingerprint density at radius 2 is 2.32 bits per heavy atom. The predicted molar refractivity (Wildman–Crippen MR) is 87.8 cm³/mol. The van der Waals surface area contributed by atoms with E-state index in [2.05, 4.69) is 26.2 Å². The molecule has 22 heavy (non-hydrogen) atoms. The zero-order valence-corrected chi connectivity index (χ0v) is 13.8. The highest BCUT2D eigenvalue weighted by Crippen LogP contribution is 2.48. The second-order valence-electron chi connectivity index (χ2n) is 5.29. The minimum Gasteiger partial charge on any atom is -0.455 e. The van der Waals surface area contributed by atoms with Crippen molar-refractivity contribution < 1.29 is 9.47 Å². The molecule has 4 rings (SSSR count). The fourth-order valence-electron chi connectivity index (χ4n) is 2.90. The van der Waals surface area contributed by atoms with Crippen LogP contribution in [0.3, 0.4) is 0 Å². The summed E-state index contributed by atoms with van der Waals surface area (Å²) >= 11 is 9.70. The average Bonchev–Trinajstić information content (AvgIpc) is 2.49. The molecule has 0 aromatic heterocycles. The highest BCUT2D eigenvalue weighted by atomic mass is 79.9. The third kappa shape index (κ3) is 2.10. The molecule has 1 spiro atoms. The van der Waals surface area contributed by atoms with E-state index in [-0.39, 0.29) is 5.50 Å². The van der Waals surface area contributed by atoms with Crippen molar-refractivity contribution in [2.24, 2.45) is 10.7 Å². The summed E-state index contributed by atoms with van der Waals surface area (Å²) < 4.78 is 13.0. The number of ether oxygens (including phenoxy) is 2. The number of hydrogen-bond donors (Lipinski definition) is 2. The van der Waals surface area contributed by atoms with E-state index in [0.717, 1.165) is 15.6 Å². The summed E-state index contributed by atoms with van der Waals surface area (Å²) in [6, 6.07) is 5.77. The van der Waals surface area contributed by atoms with Crippen molar-refractivity contribution in [3.05, 3.63) is 51.8 Å². The van der Waals surface area contributed by atoms with E-state index in [4.69, 9.17) is 26.8 Å². The number of nitrogens with one attached hydrogen (secondary N) is 1. The number of aliphatic imine (C=N–C) groups is 1.